The third-order valence-corrected chi connectivity index (χ3v) is 5.63. The molecule has 0 radical (unpaired) electrons. The fourth-order valence-corrected chi connectivity index (χ4v) is 4.05. The normalized spacial score (nSPS) is 24.6. The van der Waals surface area contributed by atoms with Crippen LogP contribution in [0.5, 0.6) is 0 Å². The van der Waals surface area contributed by atoms with Crippen molar-refractivity contribution in [3.05, 3.63) is 18.0 Å². The van der Waals surface area contributed by atoms with E-state index in [1.54, 1.807) is 16.7 Å². The maximum atomic E-state index is 12.9. The Labute approximate surface area is 187 Å². The van der Waals surface area contributed by atoms with Crippen molar-refractivity contribution in [2.45, 2.75) is 44.2 Å². The van der Waals surface area contributed by atoms with Crippen molar-refractivity contribution in [1.29, 1.82) is 0 Å². The van der Waals surface area contributed by atoms with Gasteiger partial charge in [0.15, 0.2) is 0 Å². The minimum absolute atomic E-state index is 0.0177. The number of nitrogens with zero attached hydrogens (tertiary/aromatic N) is 4. The summed E-state index contributed by atoms with van der Waals surface area (Å²) in [6, 6.07) is -0.492. The number of ether oxygens (including phenoxy) is 2. The highest BCUT2D eigenvalue weighted by atomic mass is 19.4. The predicted octanol–water partition coefficient (Wildman–Crippen LogP) is 0.277. The first-order valence-corrected chi connectivity index (χ1v) is 10.3. The zero-order valence-electron chi connectivity index (χ0n) is 17.8. The van der Waals surface area contributed by atoms with E-state index in [4.69, 9.17) is 20.9 Å². The average molecular weight is 474 g/mol. The smallest absolute Gasteiger partial charge is 0.419 e. The van der Waals surface area contributed by atoms with Gasteiger partial charge >= 0.3 is 12.3 Å². The number of anilines is 1. The first kappa shape index (κ1) is 24.5. The van der Waals surface area contributed by atoms with Crippen LogP contribution in [-0.2, 0) is 25.2 Å². The molecular weight excluding hydrogens is 449 g/mol. The Morgan fingerprint density at radius 2 is 1.88 bits per heavy atom. The molecule has 3 heterocycles. The molecular formula is C19H25F3N6O5. The SMILES string of the molecule is C[C@@H](CO[C@@H]1CCN(C2CCN(c3ncc(C(F)(F)F)cn3)CC2C(N)=O)C1=O)OC(N)=O. The molecule has 2 unspecified atom stereocenters. The van der Waals surface area contributed by atoms with E-state index in [9.17, 15) is 27.6 Å². The standard InChI is InChI=1S/C19H25F3N6O5/c1-10(33-17(24)31)9-32-14-3-5-28(16(14)30)13-2-4-27(8-12(13)15(23)29)18-25-6-11(7-26-18)19(20,21)22/h6-7,10,12-14H,2-5,8-9H2,1H3,(H2,23,29)(H2,24,31)/t10-,12?,13?,14+/m0/s1. The lowest BCUT2D eigenvalue weighted by molar-refractivity contribution is -0.142. The number of hydrogen-bond donors (Lipinski definition) is 2. The summed E-state index contributed by atoms with van der Waals surface area (Å²) in [6.07, 6.45) is -4.79. The lowest BCUT2D eigenvalue weighted by Gasteiger charge is -2.41. The largest absolute Gasteiger partial charge is 0.444 e. The van der Waals surface area contributed by atoms with Gasteiger partial charge in [-0.05, 0) is 13.3 Å². The van der Waals surface area contributed by atoms with Gasteiger partial charge in [0.05, 0.1) is 18.1 Å². The number of primary amides is 2. The van der Waals surface area contributed by atoms with E-state index in [2.05, 4.69) is 9.97 Å². The topological polar surface area (TPSA) is 154 Å². The molecule has 4 N–H and O–H groups in total. The van der Waals surface area contributed by atoms with Gasteiger partial charge in [0.1, 0.15) is 12.2 Å². The lowest BCUT2D eigenvalue weighted by atomic mass is 9.90. The summed E-state index contributed by atoms with van der Waals surface area (Å²) in [6.45, 7) is 2.28. The highest BCUT2D eigenvalue weighted by molar-refractivity contribution is 5.85. The summed E-state index contributed by atoms with van der Waals surface area (Å²) in [5.41, 5.74) is 9.56. The van der Waals surface area contributed by atoms with Crippen molar-refractivity contribution in [1.82, 2.24) is 14.9 Å². The Hall–Kier alpha value is -3.16. The minimum atomic E-state index is -4.56. The van der Waals surface area contributed by atoms with Crippen LogP contribution in [0, 0.1) is 5.92 Å². The van der Waals surface area contributed by atoms with Crippen molar-refractivity contribution in [2.75, 3.05) is 31.1 Å². The van der Waals surface area contributed by atoms with Crippen molar-refractivity contribution in [2.24, 2.45) is 17.4 Å². The number of amides is 3. The zero-order chi connectivity index (χ0) is 24.3. The molecule has 0 bridgehead atoms. The van der Waals surface area contributed by atoms with Gasteiger partial charge in [0.2, 0.25) is 11.9 Å². The summed E-state index contributed by atoms with van der Waals surface area (Å²) in [4.78, 5) is 46.5. The number of nitrogens with two attached hydrogens (primary N) is 2. The molecule has 2 fully saturated rings. The maximum absolute atomic E-state index is 12.9. The van der Waals surface area contributed by atoms with Crippen molar-refractivity contribution < 1.29 is 37.0 Å². The molecule has 4 atom stereocenters. The molecule has 3 rings (SSSR count). The molecule has 33 heavy (non-hydrogen) atoms. The summed E-state index contributed by atoms with van der Waals surface area (Å²) in [5.74, 6) is -1.68. The Kier molecular flexibility index (Phi) is 7.25. The van der Waals surface area contributed by atoms with Gasteiger partial charge in [-0.15, -0.1) is 0 Å². The summed E-state index contributed by atoms with van der Waals surface area (Å²) in [7, 11) is 0. The number of rotatable bonds is 7. The second-order valence-corrected chi connectivity index (χ2v) is 7.97. The Morgan fingerprint density at radius 3 is 2.45 bits per heavy atom. The molecule has 1 aromatic heterocycles. The van der Waals surface area contributed by atoms with Crippen molar-refractivity contribution in [3.8, 4) is 0 Å². The molecule has 0 spiro atoms. The van der Waals surface area contributed by atoms with Gasteiger partial charge in [0, 0.05) is 44.5 Å². The van der Waals surface area contributed by atoms with Crippen LogP contribution < -0.4 is 16.4 Å². The highest BCUT2D eigenvalue weighted by Crippen LogP contribution is 2.31. The average Bonchev–Trinajstić information content (AvgIpc) is 3.11. The second kappa shape index (κ2) is 9.77. The number of carbonyl (C=O) groups is 3. The van der Waals surface area contributed by atoms with Gasteiger partial charge in [-0.3, -0.25) is 9.59 Å². The van der Waals surface area contributed by atoms with Crippen LogP contribution in [0.25, 0.3) is 0 Å². The van der Waals surface area contributed by atoms with E-state index < -0.39 is 47.9 Å². The molecule has 2 aliphatic heterocycles. The number of aromatic nitrogens is 2. The monoisotopic (exact) mass is 474 g/mol. The third-order valence-electron chi connectivity index (χ3n) is 5.63. The molecule has 1 aromatic rings. The fraction of sp³-hybridized carbons (Fsp3) is 0.632. The maximum Gasteiger partial charge on any atom is 0.419 e. The van der Waals surface area contributed by atoms with E-state index in [0.717, 1.165) is 0 Å². The fourth-order valence-electron chi connectivity index (χ4n) is 4.05. The molecule has 182 valence electrons. The van der Waals surface area contributed by atoms with Crippen LogP contribution in [0.15, 0.2) is 12.4 Å². The molecule has 0 aromatic carbocycles. The van der Waals surface area contributed by atoms with E-state index in [1.807, 2.05) is 0 Å². The first-order chi connectivity index (χ1) is 15.5. The molecule has 0 saturated carbocycles. The minimum Gasteiger partial charge on any atom is -0.444 e. The Bertz CT molecular complexity index is 884. The molecule has 2 saturated heterocycles. The molecule has 2 aliphatic rings. The summed E-state index contributed by atoms with van der Waals surface area (Å²) >= 11 is 0. The zero-order valence-corrected chi connectivity index (χ0v) is 17.8. The number of piperidine rings is 1. The van der Waals surface area contributed by atoms with Crippen LogP contribution >= 0.6 is 0 Å². The molecule has 11 nitrogen and oxygen atoms in total. The van der Waals surface area contributed by atoms with E-state index >= 15 is 0 Å². The van der Waals surface area contributed by atoms with Crippen LogP contribution in [-0.4, -0.2) is 77.3 Å². The van der Waals surface area contributed by atoms with Crippen molar-refractivity contribution in [3.63, 3.8) is 0 Å². The number of carbonyl (C=O) groups excluding carboxylic acids is 3. The quantitative estimate of drug-likeness (QED) is 0.571. The number of hydrogen-bond acceptors (Lipinski definition) is 8. The van der Waals surface area contributed by atoms with Gasteiger partial charge in [0.25, 0.3) is 5.91 Å². The Balaban J connectivity index is 1.63. The van der Waals surface area contributed by atoms with Gasteiger partial charge < -0.3 is 30.7 Å². The molecule has 3 amide bonds. The van der Waals surface area contributed by atoms with E-state index in [-0.39, 0.29) is 25.0 Å². The van der Waals surface area contributed by atoms with E-state index in [0.29, 0.717) is 38.3 Å². The van der Waals surface area contributed by atoms with Crippen LogP contribution in [0.4, 0.5) is 23.9 Å². The van der Waals surface area contributed by atoms with Gasteiger partial charge in [-0.25, -0.2) is 14.8 Å². The highest BCUT2D eigenvalue weighted by Gasteiger charge is 2.44. The first-order valence-electron chi connectivity index (χ1n) is 10.3. The van der Waals surface area contributed by atoms with E-state index in [1.165, 1.54) is 0 Å². The number of likely N-dealkylation sites (tertiary alicyclic amines) is 1. The molecule has 14 heteroatoms. The summed E-state index contributed by atoms with van der Waals surface area (Å²) in [5, 5.41) is 0. The van der Waals surface area contributed by atoms with Crippen LogP contribution in [0.2, 0.25) is 0 Å². The van der Waals surface area contributed by atoms with Crippen molar-refractivity contribution >= 4 is 23.9 Å². The number of alkyl halides is 3. The third kappa shape index (κ3) is 5.80. The van der Waals surface area contributed by atoms with Gasteiger partial charge in [-0.2, -0.15) is 13.2 Å². The lowest BCUT2D eigenvalue weighted by Crippen LogP contribution is -2.56. The predicted molar refractivity (Wildman–Crippen MR) is 107 cm³/mol. The second-order valence-electron chi connectivity index (χ2n) is 7.97. The van der Waals surface area contributed by atoms with Crippen LogP contribution in [0.3, 0.4) is 0 Å². The van der Waals surface area contributed by atoms with Gasteiger partial charge in [-0.1, -0.05) is 0 Å². The molecule has 0 aliphatic carbocycles. The number of halogens is 3. The summed E-state index contributed by atoms with van der Waals surface area (Å²) < 4.78 is 48.6. The Morgan fingerprint density at radius 1 is 1.21 bits per heavy atom. The van der Waals surface area contributed by atoms with Crippen LogP contribution in [0.1, 0.15) is 25.3 Å².